The summed E-state index contributed by atoms with van der Waals surface area (Å²) in [7, 11) is 0. The molecule has 12 heteroatoms. The molecule has 2 fully saturated rings. The molecule has 0 aromatic rings. The molecule has 0 aliphatic carbocycles. The molecule has 0 saturated carbocycles. The van der Waals surface area contributed by atoms with Crippen LogP contribution in [0.3, 0.4) is 0 Å². The van der Waals surface area contributed by atoms with E-state index < -0.39 is 47.7 Å². The maximum Gasteiger partial charge on any atom is 0.333 e. The number of amides is 4. The average molecular weight is 485 g/mol. The van der Waals surface area contributed by atoms with Gasteiger partial charge in [-0.25, -0.2) is 4.79 Å². The quantitative estimate of drug-likeness (QED) is 0.280. The Bertz CT molecular complexity index is 784. The SMILES string of the molecule is CC(=O)NC1C(OCCCC(=O)ON2C(=O)CCC2=O)OC(CNC(=O)C(C)N)C(C)C1(C)C. The topological polar surface area (TPSA) is 166 Å². The highest BCUT2D eigenvalue weighted by atomic mass is 16.7. The predicted molar refractivity (Wildman–Crippen MR) is 118 cm³/mol. The third-order valence-electron chi connectivity index (χ3n) is 6.37. The molecule has 2 saturated heterocycles. The van der Waals surface area contributed by atoms with Crippen molar-refractivity contribution in [1.29, 1.82) is 0 Å². The number of hydrogen-bond acceptors (Lipinski definition) is 9. The van der Waals surface area contributed by atoms with E-state index in [0.29, 0.717) is 5.06 Å². The maximum absolute atomic E-state index is 12.0. The minimum atomic E-state index is -0.829. The number of hydroxylamine groups is 2. The summed E-state index contributed by atoms with van der Waals surface area (Å²) < 4.78 is 12.0. The van der Waals surface area contributed by atoms with Crippen LogP contribution in [0, 0.1) is 11.3 Å². The summed E-state index contributed by atoms with van der Waals surface area (Å²) in [5.74, 6) is -2.40. The summed E-state index contributed by atoms with van der Waals surface area (Å²) in [6, 6.07) is -1.14. The highest BCUT2D eigenvalue weighted by Gasteiger charge is 2.50. The fourth-order valence-corrected chi connectivity index (χ4v) is 3.90. The number of nitrogens with two attached hydrogens (primary N) is 1. The molecule has 5 atom stereocenters. The van der Waals surface area contributed by atoms with Crippen LogP contribution in [0.2, 0.25) is 0 Å². The van der Waals surface area contributed by atoms with Crippen LogP contribution in [0.1, 0.15) is 60.3 Å². The minimum Gasteiger partial charge on any atom is -0.352 e. The molecule has 2 aliphatic heterocycles. The first kappa shape index (κ1) is 27.7. The molecule has 4 N–H and O–H groups in total. The van der Waals surface area contributed by atoms with Crippen LogP contribution in [0.25, 0.3) is 0 Å². The smallest absolute Gasteiger partial charge is 0.333 e. The molecule has 2 aliphatic rings. The molecule has 4 amide bonds. The molecule has 192 valence electrons. The molecular formula is C22H36N4O8. The number of carbonyl (C=O) groups is 5. The zero-order chi connectivity index (χ0) is 25.6. The van der Waals surface area contributed by atoms with E-state index in [-0.39, 0.29) is 56.6 Å². The molecule has 0 aromatic heterocycles. The molecule has 0 spiro atoms. The number of ether oxygens (including phenoxy) is 2. The molecule has 5 unspecified atom stereocenters. The number of nitrogens with zero attached hydrogens (tertiary/aromatic N) is 1. The average Bonchev–Trinajstić information content (AvgIpc) is 3.06. The van der Waals surface area contributed by atoms with E-state index in [4.69, 9.17) is 20.0 Å². The van der Waals surface area contributed by atoms with Gasteiger partial charge < -0.3 is 30.7 Å². The summed E-state index contributed by atoms with van der Waals surface area (Å²) in [6.07, 6.45) is -1.01. The van der Waals surface area contributed by atoms with Crippen molar-refractivity contribution < 1.29 is 38.3 Å². The Morgan fingerprint density at radius 2 is 1.85 bits per heavy atom. The predicted octanol–water partition coefficient (Wildman–Crippen LogP) is -0.254. The van der Waals surface area contributed by atoms with Crippen molar-refractivity contribution in [2.45, 2.75) is 84.8 Å². The van der Waals surface area contributed by atoms with E-state index in [1.807, 2.05) is 20.8 Å². The molecule has 2 heterocycles. The van der Waals surface area contributed by atoms with Crippen molar-refractivity contribution in [2.75, 3.05) is 13.2 Å². The van der Waals surface area contributed by atoms with Crippen molar-refractivity contribution >= 4 is 29.6 Å². The Kier molecular flexibility index (Phi) is 9.54. The summed E-state index contributed by atoms with van der Waals surface area (Å²) in [5, 5.41) is 6.17. The van der Waals surface area contributed by atoms with Crippen molar-refractivity contribution in [3.05, 3.63) is 0 Å². The summed E-state index contributed by atoms with van der Waals surface area (Å²) in [4.78, 5) is 63.7. The Labute approximate surface area is 199 Å². The lowest BCUT2D eigenvalue weighted by Gasteiger charge is -2.51. The Balaban J connectivity index is 1.96. The van der Waals surface area contributed by atoms with Crippen LogP contribution in [0.15, 0.2) is 0 Å². The van der Waals surface area contributed by atoms with Gasteiger partial charge in [0.2, 0.25) is 11.8 Å². The van der Waals surface area contributed by atoms with E-state index in [0.717, 1.165) is 0 Å². The van der Waals surface area contributed by atoms with E-state index in [9.17, 15) is 24.0 Å². The van der Waals surface area contributed by atoms with Gasteiger partial charge in [-0.05, 0) is 24.7 Å². The zero-order valence-corrected chi connectivity index (χ0v) is 20.4. The van der Waals surface area contributed by atoms with E-state index >= 15 is 0 Å². The third kappa shape index (κ3) is 6.97. The van der Waals surface area contributed by atoms with Crippen molar-refractivity contribution in [2.24, 2.45) is 17.1 Å². The Morgan fingerprint density at radius 3 is 2.41 bits per heavy atom. The van der Waals surface area contributed by atoms with E-state index in [2.05, 4.69) is 10.6 Å². The minimum absolute atomic E-state index is 0.0266. The second-order valence-electron chi connectivity index (χ2n) is 9.38. The number of rotatable bonds is 10. The van der Waals surface area contributed by atoms with Gasteiger partial charge in [0, 0.05) is 26.3 Å². The van der Waals surface area contributed by atoms with E-state index in [1.54, 1.807) is 6.92 Å². The molecule has 0 bridgehead atoms. The second kappa shape index (κ2) is 11.7. The first-order valence-corrected chi connectivity index (χ1v) is 11.5. The lowest BCUT2D eigenvalue weighted by molar-refractivity contribution is -0.253. The van der Waals surface area contributed by atoms with Crippen LogP contribution in [-0.4, -0.2) is 72.3 Å². The fraction of sp³-hybridized carbons (Fsp3) is 0.773. The largest absolute Gasteiger partial charge is 0.352 e. The molecule has 2 rings (SSSR count). The van der Waals surface area contributed by atoms with Gasteiger partial charge in [0.05, 0.1) is 31.2 Å². The lowest BCUT2D eigenvalue weighted by atomic mass is 9.69. The normalized spacial score (nSPS) is 27.3. The van der Waals surface area contributed by atoms with Gasteiger partial charge in [0.1, 0.15) is 0 Å². The third-order valence-corrected chi connectivity index (χ3v) is 6.37. The van der Waals surface area contributed by atoms with Crippen molar-refractivity contribution in [3.8, 4) is 0 Å². The van der Waals surface area contributed by atoms with Gasteiger partial charge in [-0.3, -0.25) is 19.2 Å². The summed E-state index contributed by atoms with van der Waals surface area (Å²) in [6.45, 7) is 9.26. The van der Waals surface area contributed by atoms with Crippen LogP contribution in [0.4, 0.5) is 0 Å². The van der Waals surface area contributed by atoms with Crippen LogP contribution < -0.4 is 16.4 Å². The van der Waals surface area contributed by atoms with Crippen LogP contribution in [-0.2, 0) is 38.3 Å². The number of carbonyl (C=O) groups excluding carboxylic acids is 5. The monoisotopic (exact) mass is 484 g/mol. The first-order valence-electron chi connectivity index (χ1n) is 11.5. The second-order valence-corrected chi connectivity index (χ2v) is 9.38. The molecule has 34 heavy (non-hydrogen) atoms. The van der Waals surface area contributed by atoms with Crippen LogP contribution in [0.5, 0.6) is 0 Å². The number of imide groups is 1. The van der Waals surface area contributed by atoms with Gasteiger partial charge in [-0.2, -0.15) is 0 Å². The van der Waals surface area contributed by atoms with Gasteiger partial charge in [-0.15, -0.1) is 5.06 Å². The lowest BCUT2D eigenvalue weighted by Crippen LogP contribution is -2.64. The summed E-state index contributed by atoms with van der Waals surface area (Å²) in [5.41, 5.74) is 5.16. The number of hydrogen-bond donors (Lipinski definition) is 3. The molecular weight excluding hydrogens is 448 g/mol. The highest BCUT2D eigenvalue weighted by Crippen LogP contribution is 2.41. The molecule has 12 nitrogen and oxygen atoms in total. The van der Waals surface area contributed by atoms with Gasteiger partial charge in [-0.1, -0.05) is 20.8 Å². The Hall–Kier alpha value is -2.57. The van der Waals surface area contributed by atoms with Crippen molar-refractivity contribution in [1.82, 2.24) is 15.7 Å². The number of nitrogens with one attached hydrogen (secondary N) is 2. The first-order chi connectivity index (χ1) is 15.8. The zero-order valence-electron chi connectivity index (χ0n) is 20.4. The highest BCUT2D eigenvalue weighted by molar-refractivity contribution is 6.01. The summed E-state index contributed by atoms with van der Waals surface area (Å²) >= 11 is 0. The van der Waals surface area contributed by atoms with Gasteiger partial charge in [0.15, 0.2) is 6.29 Å². The van der Waals surface area contributed by atoms with E-state index in [1.165, 1.54) is 6.92 Å². The fourth-order valence-electron chi connectivity index (χ4n) is 3.90. The van der Waals surface area contributed by atoms with Gasteiger partial charge >= 0.3 is 5.97 Å². The van der Waals surface area contributed by atoms with Gasteiger partial charge in [0.25, 0.3) is 11.8 Å². The molecule has 0 radical (unpaired) electrons. The molecule has 0 aromatic carbocycles. The maximum atomic E-state index is 12.0. The Morgan fingerprint density at radius 1 is 1.24 bits per heavy atom. The van der Waals surface area contributed by atoms with Crippen molar-refractivity contribution in [3.63, 3.8) is 0 Å². The standard InChI is InChI=1S/C22H36N4O8/c1-12-15(11-24-20(31)13(2)23)33-21(19(22(12,4)5)25-14(3)27)32-10-6-7-18(30)34-26-16(28)8-9-17(26)29/h12-13,15,19,21H,6-11,23H2,1-5H3,(H,24,31)(H,25,27). The van der Waals surface area contributed by atoms with Crippen LogP contribution >= 0.6 is 0 Å².